The van der Waals surface area contributed by atoms with Crippen molar-refractivity contribution in [3.8, 4) is 11.3 Å². The first-order chi connectivity index (χ1) is 18.9. The van der Waals surface area contributed by atoms with Gasteiger partial charge in [0.05, 0.1) is 17.7 Å². The molecule has 11 heteroatoms. The Morgan fingerprint density at radius 1 is 1.10 bits per heavy atom. The van der Waals surface area contributed by atoms with Gasteiger partial charge in [-0.3, -0.25) is 9.59 Å². The fraction of sp³-hybridized carbons (Fsp3) is 0.400. The average molecular weight is 596 g/mol. The van der Waals surface area contributed by atoms with Gasteiger partial charge in [-0.1, -0.05) is 7.43 Å². The molecule has 1 unspecified atom stereocenters. The van der Waals surface area contributed by atoms with Gasteiger partial charge in [-0.15, -0.1) is 11.3 Å². The summed E-state index contributed by atoms with van der Waals surface area (Å²) >= 11 is 1.74. The maximum Gasteiger partial charge on any atom is 0.308 e. The average Bonchev–Trinajstić information content (AvgIpc) is 3.31. The minimum atomic E-state index is -0.818. The summed E-state index contributed by atoms with van der Waals surface area (Å²) in [6.45, 7) is 3.68. The number of benzene rings is 1. The Balaban J connectivity index is 0.00000169. The SMILES string of the molecule is C.CC1c2ccsc2CCN1C(=O)c1cc(C2CC2)n2nc(-c3ccc(N4CC[C@H](C(=O)O)C4)cc3F)cc2n1.S. The van der Waals surface area contributed by atoms with E-state index in [1.54, 1.807) is 28.0 Å². The van der Waals surface area contributed by atoms with Crippen molar-refractivity contribution in [3.05, 3.63) is 69.4 Å². The molecule has 0 radical (unpaired) electrons. The van der Waals surface area contributed by atoms with Gasteiger partial charge in [-0.05, 0) is 73.9 Å². The van der Waals surface area contributed by atoms with Crippen molar-refractivity contribution in [2.45, 2.75) is 52.0 Å². The van der Waals surface area contributed by atoms with Crippen LogP contribution in [0.4, 0.5) is 10.1 Å². The summed E-state index contributed by atoms with van der Waals surface area (Å²) in [5.74, 6) is -1.46. The Kier molecular flexibility index (Phi) is 7.86. The molecule has 1 saturated heterocycles. The van der Waals surface area contributed by atoms with Crippen LogP contribution in [-0.4, -0.2) is 56.1 Å². The molecule has 3 aliphatic rings. The van der Waals surface area contributed by atoms with Gasteiger partial charge >= 0.3 is 5.97 Å². The van der Waals surface area contributed by atoms with E-state index in [2.05, 4.69) is 18.4 Å². The lowest BCUT2D eigenvalue weighted by atomic mass is 10.0. The number of aromatic nitrogens is 3. The van der Waals surface area contributed by atoms with Gasteiger partial charge < -0.3 is 14.9 Å². The summed E-state index contributed by atoms with van der Waals surface area (Å²) in [5, 5.41) is 16.1. The van der Waals surface area contributed by atoms with Gasteiger partial charge in [-0.25, -0.2) is 13.9 Å². The zero-order chi connectivity index (χ0) is 26.8. The number of nitrogens with zero attached hydrogens (tertiary/aromatic N) is 5. The van der Waals surface area contributed by atoms with E-state index in [0.717, 1.165) is 25.0 Å². The molecule has 1 N–H and O–H groups in total. The molecular weight excluding hydrogens is 561 g/mol. The molecule has 41 heavy (non-hydrogen) atoms. The van der Waals surface area contributed by atoms with Crippen molar-refractivity contribution in [1.29, 1.82) is 0 Å². The highest BCUT2D eigenvalue weighted by Gasteiger charge is 2.33. The number of carbonyl (C=O) groups is 2. The van der Waals surface area contributed by atoms with E-state index in [1.165, 1.54) is 16.5 Å². The van der Waals surface area contributed by atoms with Crippen LogP contribution in [0.3, 0.4) is 0 Å². The molecule has 1 aliphatic carbocycles. The quantitative estimate of drug-likeness (QED) is 0.309. The smallest absolute Gasteiger partial charge is 0.308 e. The number of amides is 1. The first-order valence-electron chi connectivity index (χ1n) is 13.4. The summed E-state index contributed by atoms with van der Waals surface area (Å²) in [6, 6.07) is 10.7. The van der Waals surface area contributed by atoms with Gasteiger partial charge in [0.2, 0.25) is 0 Å². The predicted molar refractivity (Wildman–Crippen MR) is 163 cm³/mol. The van der Waals surface area contributed by atoms with Crippen molar-refractivity contribution in [3.63, 3.8) is 0 Å². The van der Waals surface area contributed by atoms with Crippen LogP contribution in [0, 0.1) is 11.7 Å². The van der Waals surface area contributed by atoms with E-state index in [1.807, 2.05) is 21.9 Å². The number of aliphatic carboxylic acids is 1. The summed E-state index contributed by atoms with van der Waals surface area (Å²) < 4.78 is 17.1. The molecule has 1 saturated carbocycles. The Bertz CT molecular complexity index is 1630. The van der Waals surface area contributed by atoms with Crippen LogP contribution in [0.25, 0.3) is 16.9 Å². The lowest BCUT2D eigenvalue weighted by Crippen LogP contribution is -2.38. The van der Waals surface area contributed by atoms with Crippen molar-refractivity contribution < 1.29 is 19.1 Å². The van der Waals surface area contributed by atoms with Crippen molar-refractivity contribution in [1.82, 2.24) is 19.5 Å². The van der Waals surface area contributed by atoms with Crippen LogP contribution in [0.5, 0.6) is 0 Å². The summed E-state index contributed by atoms with van der Waals surface area (Å²) in [7, 11) is 0. The standard InChI is InChI=1S/C29H28FN5O3S.CH4.H2S/c1-16-20-8-11-39-26(20)7-10-34(16)28(36)24-13-25(17-2-3-17)35-27(31-24)14-23(32-35)21-5-4-19(12-22(21)30)33-9-6-18(15-33)29(37)38;;/h4-5,8,11-14,16-18H,2-3,6-7,9-10,15H2,1H3,(H,37,38);1H4;1H2/t16?,18-;;/m0../s1. The number of carbonyl (C=O) groups excluding carboxylic acids is 1. The molecular formula is C30H34FN5O3S2. The third-order valence-corrected chi connectivity index (χ3v) is 9.34. The number of carboxylic acids is 1. The van der Waals surface area contributed by atoms with Gasteiger partial charge in [0, 0.05) is 53.4 Å². The van der Waals surface area contributed by atoms with Gasteiger partial charge in [0.15, 0.2) is 5.65 Å². The number of fused-ring (bicyclic) bond motifs is 2. The molecule has 1 aromatic carbocycles. The maximum absolute atomic E-state index is 15.4. The van der Waals surface area contributed by atoms with E-state index >= 15 is 4.39 Å². The number of hydrogen-bond acceptors (Lipinski definition) is 6. The Morgan fingerprint density at radius 2 is 1.90 bits per heavy atom. The highest BCUT2D eigenvalue weighted by molar-refractivity contribution is 7.59. The Morgan fingerprint density at radius 3 is 2.61 bits per heavy atom. The highest BCUT2D eigenvalue weighted by atomic mass is 32.1. The third-order valence-electron chi connectivity index (χ3n) is 8.34. The van der Waals surface area contributed by atoms with Crippen LogP contribution in [0.15, 0.2) is 41.8 Å². The van der Waals surface area contributed by atoms with Gasteiger partial charge in [0.1, 0.15) is 11.5 Å². The topological polar surface area (TPSA) is 91.0 Å². The number of rotatable bonds is 5. The first-order valence-corrected chi connectivity index (χ1v) is 14.3. The predicted octanol–water partition coefficient (Wildman–Crippen LogP) is 5.89. The monoisotopic (exact) mass is 595 g/mol. The molecule has 5 heterocycles. The summed E-state index contributed by atoms with van der Waals surface area (Å²) in [6.07, 6.45) is 3.45. The molecule has 2 fully saturated rings. The third kappa shape index (κ3) is 5.10. The van der Waals surface area contributed by atoms with E-state index in [4.69, 9.17) is 10.1 Å². The zero-order valence-corrected chi connectivity index (χ0v) is 23.8. The molecule has 0 spiro atoms. The number of hydrogen-bond donors (Lipinski definition) is 1. The second-order valence-electron chi connectivity index (χ2n) is 10.8. The molecule has 0 bridgehead atoms. The number of thiophene rings is 1. The Hall–Kier alpha value is -3.44. The van der Waals surface area contributed by atoms with Crippen LogP contribution in [0.2, 0.25) is 0 Å². The normalized spacial score (nSPS) is 20.0. The van der Waals surface area contributed by atoms with Crippen LogP contribution in [0.1, 0.15) is 72.2 Å². The molecule has 3 aromatic heterocycles. The van der Waals surface area contributed by atoms with Gasteiger partial charge in [0.25, 0.3) is 5.91 Å². The fourth-order valence-corrected chi connectivity index (χ4v) is 6.91. The van der Waals surface area contributed by atoms with E-state index in [0.29, 0.717) is 60.3 Å². The number of anilines is 1. The lowest BCUT2D eigenvalue weighted by Gasteiger charge is -2.33. The van der Waals surface area contributed by atoms with Crippen molar-refractivity contribution >= 4 is 48.0 Å². The summed E-state index contributed by atoms with van der Waals surface area (Å²) in [4.78, 5) is 34.8. The molecule has 2 atom stereocenters. The van der Waals surface area contributed by atoms with E-state index in [-0.39, 0.29) is 32.9 Å². The molecule has 216 valence electrons. The molecule has 2 aliphatic heterocycles. The van der Waals surface area contributed by atoms with Crippen molar-refractivity contribution in [2.75, 3.05) is 24.5 Å². The molecule has 4 aromatic rings. The maximum atomic E-state index is 15.4. The van der Waals surface area contributed by atoms with Crippen LogP contribution < -0.4 is 4.90 Å². The second-order valence-corrected chi connectivity index (χ2v) is 11.8. The molecule has 1 amide bonds. The number of carboxylic acid groups (broad SMARTS) is 1. The molecule has 8 nitrogen and oxygen atoms in total. The summed E-state index contributed by atoms with van der Waals surface area (Å²) in [5.41, 5.74) is 4.55. The second kappa shape index (κ2) is 11.1. The van der Waals surface area contributed by atoms with Crippen LogP contribution in [-0.2, 0) is 11.2 Å². The minimum Gasteiger partial charge on any atom is -0.481 e. The lowest BCUT2D eigenvalue weighted by molar-refractivity contribution is -0.140. The Labute approximate surface area is 249 Å². The molecule has 7 rings (SSSR count). The minimum absolute atomic E-state index is 0. The van der Waals surface area contributed by atoms with E-state index < -0.39 is 17.7 Å². The van der Waals surface area contributed by atoms with E-state index in [9.17, 15) is 14.7 Å². The fourth-order valence-electron chi connectivity index (χ4n) is 5.95. The largest absolute Gasteiger partial charge is 0.481 e. The van der Waals surface area contributed by atoms with Crippen molar-refractivity contribution in [2.24, 2.45) is 5.92 Å². The first kappa shape index (κ1) is 29.1. The highest BCUT2D eigenvalue weighted by Crippen LogP contribution is 2.41. The zero-order valence-electron chi connectivity index (χ0n) is 22.0. The van der Waals surface area contributed by atoms with Gasteiger partial charge in [-0.2, -0.15) is 18.6 Å². The van der Waals surface area contributed by atoms with Crippen LogP contribution >= 0.6 is 24.8 Å². The number of halogens is 1.